The summed E-state index contributed by atoms with van der Waals surface area (Å²) in [5.41, 5.74) is -1.44. The molecule has 0 aromatic heterocycles. The summed E-state index contributed by atoms with van der Waals surface area (Å²) in [4.78, 5) is 22.9. The van der Waals surface area contributed by atoms with Gasteiger partial charge in [0.2, 0.25) is 0 Å². The van der Waals surface area contributed by atoms with E-state index in [1.54, 1.807) is 0 Å². The van der Waals surface area contributed by atoms with E-state index in [4.69, 9.17) is 0 Å². The number of hydrogen-bond donors (Lipinski definition) is 1. The predicted molar refractivity (Wildman–Crippen MR) is 52.7 cm³/mol. The van der Waals surface area contributed by atoms with Crippen molar-refractivity contribution in [2.45, 2.75) is 39.7 Å². The number of carbonyl (C=O) groups excluding carboxylic acids is 2. The molecule has 3 heteroatoms. The molecule has 0 aromatic carbocycles. The zero-order valence-electron chi connectivity index (χ0n) is 9.20. The van der Waals surface area contributed by atoms with Crippen LogP contribution < -0.4 is 0 Å². The summed E-state index contributed by atoms with van der Waals surface area (Å²) in [7, 11) is 0. The minimum atomic E-state index is -1.44. The molecule has 1 aliphatic carbocycles. The SMILES string of the molecule is CC(=O)[C@@H]1[C@H](C(C)C)CC(=O)[C@]1(C)O. The number of aliphatic hydroxyl groups is 1. The van der Waals surface area contributed by atoms with Crippen LogP contribution in [0.1, 0.15) is 34.1 Å². The van der Waals surface area contributed by atoms with Crippen molar-refractivity contribution in [3.63, 3.8) is 0 Å². The summed E-state index contributed by atoms with van der Waals surface area (Å²) >= 11 is 0. The fraction of sp³-hybridized carbons (Fsp3) is 0.818. The molecule has 3 atom stereocenters. The van der Waals surface area contributed by atoms with Crippen molar-refractivity contribution in [2.75, 3.05) is 0 Å². The summed E-state index contributed by atoms with van der Waals surface area (Å²) in [5.74, 6) is -0.553. The van der Waals surface area contributed by atoms with Crippen molar-refractivity contribution in [2.24, 2.45) is 17.8 Å². The lowest BCUT2D eigenvalue weighted by Gasteiger charge is -2.27. The van der Waals surface area contributed by atoms with Gasteiger partial charge >= 0.3 is 0 Å². The Hall–Kier alpha value is -0.700. The van der Waals surface area contributed by atoms with Gasteiger partial charge in [-0.3, -0.25) is 9.59 Å². The highest BCUT2D eigenvalue weighted by Gasteiger charge is 2.53. The number of hydrogen-bond acceptors (Lipinski definition) is 3. The maximum atomic E-state index is 11.5. The third-order valence-electron chi connectivity index (χ3n) is 3.31. The largest absolute Gasteiger partial charge is 0.382 e. The molecule has 0 aromatic rings. The molecule has 1 fully saturated rings. The van der Waals surface area contributed by atoms with E-state index in [0.717, 1.165) is 0 Å². The van der Waals surface area contributed by atoms with Crippen molar-refractivity contribution in [3.8, 4) is 0 Å². The van der Waals surface area contributed by atoms with Crippen LogP contribution in [0.3, 0.4) is 0 Å². The number of Topliss-reactive ketones (excluding diaryl/α,β-unsaturated/α-hetero) is 2. The van der Waals surface area contributed by atoms with Crippen LogP contribution in [-0.2, 0) is 9.59 Å². The van der Waals surface area contributed by atoms with Crippen LogP contribution in [0.15, 0.2) is 0 Å². The molecule has 1 rings (SSSR count). The van der Waals surface area contributed by atoms with Crippen LogP contribution in [0, 0.1) is 17.8 Å². The maximum Gasteiger partial charge on any atom is 0.165 e. The second-order valence-corrected chi connectivity index (χ2v) is 4.77. The molecule has 80 valence electrons. The molecule has 1 aliphatic rings. The fourth-order valence-electron chi connectivity index (χ4n) is 2.45. The molecule has 0 spiro atoms. The molecular weight excluding hydrogens is 180 g/mol. The van der Waals surface area contributed by atoms with E-state index in [1.165, 1.54) is 13.8 Å². The second kappa shape index (κ2) is 3.46. The minimum Gasteiger partial charge on any atom is -0.382 e. The van der Waals surface area contributed by atoms with Gasteiger partial charge in [0, 0.05) is 6.42 Å². The lowest BCUT2D eigenvalue weighted by Crippen LogP contribution is -2.42. The Kier molecular flexibility index (Phi) is 2.81. The topological polar surface area (TPSA) is 54.4 Å². The van der Waals surface area contributed by atoms with Crippen LogP contribution in [0.25, 0.3) is 0 Å². The maximum absolute atomic E-state index is 11.5. The van der Waals surface area contributed by atoms with Crippen molar-refractivity contribution >= 4 is 11.6 Å². The Morgan fingerprint density at radius 3 is 2.36 bits per heavy atom. The zero-order chi connectivity index (χ0) is 11.1. The van der Waals surface area contributed by atoms with E-state index in [2.05, 4.69) is 0 Å². The van der Waals surface area contributed by atoms with E-state index in [1.807, 2.05) is 13.8 Å². The standard InChI is InChI=1S/C11H18O3/c1-6(2)8-5-9(13)11(4,14)10(8)7(3)12/h6,8,10,14H,5H2,1-4H3/t8-,10+,11-/m0/s1. The Bertz CT molecular complexity index is 266. The average molecular weight is 198 g/mol. The van der Waals surface area contributed by atoms with Crippen molar-refractivity contribution in [1.29, 1.82) is 0 Å². The van der Waals surface area contributed by atoms with E-state index in [0.29, 0.717) is 6.42 Å². The molecule has 0 heterocycles. The molecule has 0 amide bonds. The first-order valence-corrected chi connectivity index (χ1v) is 5.04. The Morgan fingerprint density at radius 2 is 2.07 bits per heavy atom. The summed E-state index contributed by atoms with van der Waals surface area (Å²) in [6.45, 7) is 6.88. The van der Waals surface area contributed by atoms with Crippen molar-refractivity contribution in [3.05, 3.63) is 0 Å². The minimum absolute atomic E-state index is 0.00463. The van der Waals surface area contributed by atoms with Crippen LogP contribution in [-0.4, -0.2) is 22.3 Å². The van der Waals surface area contributed by atoms with E-state index in [9.17, 15) is 14.7 Å². The Balaban J connectivity index is 3.04. The molecule has 0 saturated heterocycles. The molecule has 1 saturated carbocycles. The highest BCUT2D eigenvalue weighted by Crippen LogP contribution is 2.41. The Morgan fingerprint density at radius 1 is 1.57 bits per heavy atom. The Labute approximate surface area is 84.5 Å². The quantitative estimate of drug-likeness (QED) is 0.725. The van der Waals surface area contributed by atoms with Gasteiger partial charge < -0.3 is 5.11 Å². The number of rotatable bonds is 2. The fourth-order valence-corrected chi connectivity index (χ4v) is 2.45. The third kappa shape index (κ3) is 1.61. The zero-order valence-corrected chi connectivity index (χ0v) is 9.20. The number of carbonyl (C=O) groups is 2. The van der Waals surface area contributed by atoms with Gasteiger partial charge in [0.1, 0.15) is 11.4 Å². The summed E-state index contributed by atoms with van der Waals surface area (Å²) < 4.78 is 0. The molecule has 0 unspecified atom stereocenters. The van der Waals surface area contributed by atoms with Gasteiger partial charge in [-0.1, -0.05) is 13.8 Å². The average Bonchev–Trinajstić information content (AvgIpc) is 2.23. The van der Waals surface area contributed by atoms with Crippen LogP contribution >= 0.6 is 0 Å². The van der Waals surface area contributed by atoms with Gasteiger partial charge in [0.05, 0.1) is 5.92 Å². The van der Waals surface area contributed by atoms with Gasteiger partial charge in [-0.05, 0) is 25.7 Å². The van der Waals surface area contributed by atoms with Gasteiger partial charge in [0.25, 0.3) is 0 Å². The first-order chi connectivity index (χ1) is 6.28. The first kappa shape index (κ1) is 11.4. The van der Waals surface area contributed by atoms with Crippen LogP contribution in [0.2, 0.25) is 0 Å². The molecule has 1 N–H and O–H groups in total. The molecule has 3 nitrogen and oxygen atoms in total. The van der Waals surface area contributed by atoms with Gasteiger partial charge in [0.15, 0.2) is 5.78 Å². The molecule has 0 aliphatic heterocycles. The lowest BCUT2D eigenvalue weighted by molar-refractivity contribution is -0.141. The molecule has 0 radical (unpaired) electrons. The van der Waals surface area contributed by atoms with E-state index in [-0.39, 0.29) is 23.4 Å². The summed E-state index contributed by atoms with van der Waals surface area (Å²) in [6, 6.07) is 0. The first-order valence-electron chi connectivity index (χ1n) is 5.04. The highest BCUT2D eigenvalue weighted by atomic mass is 16.3. The third-order valence-corrected chi connectivity index (χ3v) is 3.31. The van der Waals surface area contributed by atoms with Gasteiger partial charge in [-0.25, -0.2) is 0 Å². The lowest BCUT2D eigenvalue weighted by atomic mass is 9.79. The normalized spacial score (nSPS) is 38.0. The van der Waals surface area contributed by atoms with E-state index < -0.39 is 11.5 Å². The molecule has 0 bridgehead atoms. The van der Waals surface area contributed by atoms with Crippen molar-refractivity contribution < 1.29 is 14.7 Å². The molecule has 14 heavy (non-hydrogen) atoms. The summed E-state index contributed by atoms with van der Waals surface area (Å²) in [5, 5.41) is 9.94. The highest BCUT2D eigenvalue weighted by molar-refractivity contribution is 5.97. The van der Waals surface area contributed by atoms with Crippen LogP contribution in [0.4, 0.5) is 0 Å². The monoisotopic (exact) mass is 198 g/mol. The van der Waals surface area contributed by atoms with Gasteiger partial charge in [-0.2, -0.15) is 0 Å². The second-order valence-electron chi connectivity index (χ2n) is 4.77. The molecular formula is C11H18O3. The smallest absolute Gasteiger partial charge is 0.165 e. The number of ketones is 2. The van der Waals surface area contributed by atoms with E-state index >= 15 is 0 Å². The summed E-state index contributed by atoms with van der Waals surface area (Å²) in [6.07, 6.45) is 0.328. The van der Waals surface area contributed by atoms with Gasteiger partial charge in [-0.15, -0.1) is 0 Å². The van der Waals surface area contributed by atoms with Crippen LogP contribution in [0.5, 0.6) is 0 Å². The van der Waals surface area contributed by atoms with Crippen molar-refractivity contribution in [1.82, 2.24) is 0 Å². The predicted octanol–water partition coefficient (Wildman–Crippen LogP) is 1.19.